The van der Waals surface area contributed by atoms with Crippen LogP contribution in [0.2, 0.25) is 0 Å². The maximum atomic E-state index is 10.2. The average molecular weight is 164 g/mol. The second-order valence-electron chi connectivity index (χ2n) is 4.45. The van der Waals surface area contributed by atoms with Gasteiger partial charge in [0.25, 0.3) is 0 Å². The van der Waals surface area contributed by atoms with Gasteiger partial charge in [-0.3, -0.25) is 0 Å². The van der Waals surface area contributed by atoms with E-state index in [0.29, 0.717) is 0 Å². The van der Waals surface area contributed by atoms with Gasteiger partial charge in [0, 0.05) is 5.97 Å². The Morgan fingerprint density at radius 1 is 1.42 bits per heavy atom. The predicted octanol–water partition coefficient (Wildman–Crippen LogP) is -1.80. The summed E-state index contributed by atoms with van der Waals surface area (Å²) in [7, 11) is 0. The molecule has 1 atom stereocenters. The molecule has 0 aromatic rings. The van der Waals surface area contributed by atoms with Crippen LogP contribution in [0, 0.1) is 11.3 Å². The van der Waals surface area contributed by atoms with Gasteiger partial charge >= 0.3 is 18.9 Å². The minimum Gasteiger partial charge on any atom is -0.550 e. The van der Waals surface area contributed by atoms with Crippen molar-refractivity contribution < 1.29 is 28.8 Å². The molecule has 0 fully saturated rings. The maximum Gasteiger partial charge on any atom is 1.00 e. The number of carboxylic acids is 1. The van der Waals surface area contributed by atoms with Crippen molar-refractivity contribution in [1.82, 2.24) is 0 Å². The zero-order valence-corrected chi connectivity index (χ0v) is 8.81. The van der Waals surface area contributed by atoms with E-state index in [-0.39, 0.29) is 36.6 Å². The van der Waals surface area contributed by atoms with Crippen molar-refractivity contribution in [3.05, 3.63) is 0 Å². The minimum atomic E-state index is -0.943. The van der Waals surface area contributed by atoms with Gasteiger partial charge in [-0.1, -0.05) is 27.7 Å². The van der Waals surface area contributed by atoms with Crippen LogP contribution in [0.4, 0.5) is 0 Å². The molecule has 2 nitrogen and oxygen atoms in total. The molecule has 1 unspecified atom stereocenters. The van der Waals surface area contributed by atoms with Gasteiger partial charge in [-0.2, -0.15) is 0 Å². The Balaban J connectivity index is 0. The second kappa shape index (κ2) is 5.67. The molecule has 0 bridgehead atoms. The van der Waals surface area contributed by atoms with E-state index in [1.54, 1.807) is 0 Å². The largest absolute Gasteiger partial charge is 1.00 e. The fraction of sp³-hybridized carbons (Fsp3) is 0.889. The normalized spacial score (nSPS) is 13.3. The quantitative estimate of drug-likeness (QED) is 0.462. The molecule has 0 N–H and O–H groups in total. The van der Waals surface area contributed by atoms with Crippen LogP contribution in [-0.4, -0.2) is 5.97 Å². The third-order valence-electron chi connectivity index (χ3n) is 1.48. The fourth-order valence-electron chi connectivity index (χ4n) is 1.40. The summed E-state index contributed by atoms with van der Waals surface area (Å²) in [6, 6.07) is 0. The summed E-state index contributed by atoms with van der Waals surface area (Å²) >= 11 is 0. The topological polar surface area (TPSA) is 40.1 Å². The summed E-state index contributed by atoms with van der Waals surface area (Å²) in [6.45, 7) is 8.28. The number of hydrogen-bond acceptors (Lipinski definition) is 2. The van der Waals surface area contributed by atoms with Gasteiger partial charge in [0.2, 0.25) is 0 Å². The van der Waals surface area contributed by atoms with Crippen LogP contribution in [0.1, 0.15) is 40.5 Å². The predicted molar refractivity (Wildman–Crippen MR) is 42.9 cm³/mol. The van der Waals surface area contributed by atoms with E-state index in [9.17, 15) is 9.90 Å². The molecule has 0 aromatic heterocycles. The number of carboxylic acid groups (broad SMARTS) is 1. The van der Waals surface area contributed by atoms with Crippen molar-refractivity contribution in [3.63, 3.8) is 0 Å². The number of aliphatic carboxylic acids is 1. The van der Waals surface area contributed by atoms with Gasteiger partial charge in [0.05, 0.1) is 0 Å². The monoisotopic (exact) mass is 164 g/mol. The minimum absolute atomic E-state index is 0. The summed E-state index contributed by atoms with van der Waals surface area (Å²) in [5.74, 6) is -0.721. The van der Waals surface area contributed by atoms with Crippen LogP contribution >= 0.6 is 0 Å². The summed E-state index contributed by atoms with van der Waals surface area (Å²) < 4.78 is 0. The van der Waals surface area contributed by atoms with Gasteiger partial charge in [-0.15, -0.1) is 0 Å². The number of carbonyl (C=O) groups is 1. The summed E-state index contributed by atoms with van der Waals surface area (Å²) in [5, 5.41) is 10.2. The molecule has 12 heavy (non-hydrogen) atoms. The zero-order valence-electron chi connectivity index (χ0n) is 8.81. The van der Waals surface area contributed by atoms with Crippen molar-refractivity contribution in [2.45, 2.75) is 40.5 Å². The van der Waals surface area contributed by atoms with Crippen LogP contribution in [0.15, 0.2) is 0 Å². The summed E-state index contributed by atoms with van der Waals surface area (Å²) in [6.07, 6.45) is 1.11. The fourth-order valence-corrected chi connectivity index (χ4v) is 1.40. The van der Waals surface area contributed by atoms with Crippen LogP contribution in [0.3, 0.4) is 0 Å². The van der Waals surface area contributed by atoms with E-state index in [1.165, 1.54) is 0 Å². The van der Waals surface area contributed by atoms with Crippen LogP contribution < -0.4 is 24.0 Å². The number of rotatable bonds is 3. The van der Waals surface area contributed by atoms with E-state index in [0.717, 1.165) is 6.42 Å². The molecule has 66 valence electrons. The Labute approximate surface area is 86.9 Å². The van der Waals surface area contributed by atoms with Crippen molar-refractivity contribution >= 4 is 5.97 Å². The summed E-state index contributed by atoms with van der Waals surface area (Å²) in [5.41, 5.74) is 0.217. The van der Waals surface area contributed by atoms with Crippen molar-refractivity contribution in [2.75, 3.05) is 0 Å². The third kappa shape index (κ3) is 10.1. The Hall–Kier alpha value is 0.0674. The first-order valence-corrected chi connectivity index (χ1v) is 4.01. The van der Waals surface area contributed by atoms with Gasteiger partial charge in [0.1, 0.15) is 0 Å². The Kier molecular flexibility index (Phi) is 6.89. The molecular formula is C9H17LiO2. The molecule has 0 heterocycles. The smallest absolute Gasteiger partial charge is 0.550 e. The first-order valence-electron chi connectivity index (χ1n) is 4.01. The molecule has 0 aliphatic heterocycles. The Morgan fingerprint density at radius 2 is 1.83 bits per heavy atom. The first kappa shape index (κ1) is 14.6. The molecule has 3 heteroatoms. The van der Waals surface area contributed by atoms with Crippen LogP contribution in [0.25, 0.3) is 0 Å². The average Bonchev–Trinajstić information content (AvgIpc) is 1.53. The molecule has 0 saturated carbocycles. The van der Waals surface area contributed by atoms with E-state index in [4.69, 9.17) is 0 Å². The third-order valence-corrected chi connectivity index (χ3v) is 1.48. The van der Waals surface area contributed by atoms with Crippen molar-refractivity contribution in [3.8, 4) is 0 Å². The van der Waals surface area contributed by atoms with Crippen molar-refractivity contribution in [1.29, 1.82) is 0 Å². The zero-order chi connectivity index (χ0) is 9.07. The molecular weight excluding hydrogens is 147 g/mol. The number of carbonyl (C=O) groups excluding carboxylic acids is 1. The standard InChI is InChI=1S/C9H18O2.Li/c1-7(5-8(10)11)6-9(2,3)4;/h7H,5-6H2,1-4H3,(H,10,11);/q;+1/p-1. The van der Waals surface area contributed by atoms with E-state index in [2.05, 4.69) is 20.8 Å². The Bertz CT molecular complexity index is 138. The Morgan fingerprint density at radius 3 is 2.08 bits per heavy atom. The van der Waals surface area contributed by atoms with Crippen LogP contribution in [0.5, 0.6) is 0 Å². The molecule has 0 radical (unpaired) electrons. The molecule has 0 aromatic carbocycles. The second-order valence-corrected chi connectivity index (χ2v) is 4.45. The summed E-state index contributed by atoms with van der Waals surface area (Å²) in [4.78, 5) is 10.2. The molecule has 0 spiro atoms. The van der Waals surface area contributed by atoms with Gasteiger partial charge in [-0.25, -0.2) is 0 Å². The SMILES string of the molecule is CC(CC(=O)[O-])CC(C)(C)C.[Li+]. The molecule has 0 aliphatic rings. The van der Waals surface area contributed by atoms with Gasteiger partial charge < -0.3 is 9.90 Å². The van der Waals surface area contributed by atoms with E-state index >= 15 is 0 Å². The maximum absolute atomic E-state index is 10.2. The molecule has 0 aliphatic carbocycles. The van der Waals surface area contributed by atoms with Gasteiger partial charge in [0.15, 0.2) is 0 Å². The molecule has 0 saturated heterocycles. The number of hydrogen-bond donors (Lipinski definition) is 0. The van der Waals surface area contributed by atoms with Gasteiger partial charge in [-0.05, 0) is 24.2 Å². The molecule has 0 amide bonds. The van der Waals surface area contributed by atoms with E-state index in [1.807, 2.05) is 6.92 Å². The van der Waals surface area contributed by atoms with E-state index < -0.39 is 5.97 Å². The van der Waals surface area contributed by atoms with Crippen molar-refractivity contribution in [2.24, 2.45) is 11.3 Å². The first-order chi connectivity index (χ1) is 4.81. The molecule has 0 rings (SSSR count). The van der Waals surface area contributed by atoms with Crippen LogP contribution in [-0.2, 0) is 4.79 Å².